The van der Waals surface area contributed by atoms with Crippen LogP contribution in [0.1, 0.15) is 32.3 Å². The van der Waals surface area contributed by atoms with Crippen molar-refractivity contribution in [3.8, 4) is 0 Å². The van der Waals surface area contributed by atoms with Gasteiger partial charge in [-0.2, -0.15) is 0 Å². The van der Waals surface area contributed by atoms with E-state index in [1.807, 2.05) is 43.0 Å². The van der Waals surface area contributed by atoms with Gasteiger partial charge in [-0.3, -0.25) is 9.59 Å². The summed E-state index contributed by atoms with van der Waals surface area (Å²) >= 11 is 0. The van der Waals surface area contributed by atoms with E-state index < -0.39 is 5.41 Å². The Morgan fingerprint density at radius 3 is 2.38 bits per heavy atom. The van der Waals surface area contributed by atoms with E-state index in [0.717, 1.165) is 37.4 Å². The standard InChI is InChI=1S/C20H32N4O2/c1-4-20(5-2,15-21)19(26)22-17-8-6-7-16(13-17)14-18(25)24-11-9-23(3)10-12-24/h6-8,13H,4-5,9-12,14-15,21H2,1-3H3,(H,22,26). The van der Waals surface area contributed by atoms with Crippen LogP contribution in [0.2, 0.25) is 0 Å². The third kappa shape index (κ3) is 4.83. The van der Waals surface area contributed by atoms with Crippen LogP contribution in [0, 0.1) is 5.41 Å². The van der Waals surface area contributed by atoms with Crippen LogP contribution in [0.3, 0.4) is 0 Å². The summed E-state index contributed by atoms with van der Waals surface area (Å²) in [5.41, 5.74) is 6.96. The molecule has 2 amide bonds. The lowest BCUT2D eigenvalue weighted by Crippen LogP contribution is -2.47. The Morgan fingerprint density at radius 1 is 1.15 bits per heavy atom. The Labute approximate surface area is 156 Å². The van der Waals surface area contributed by atoms with E-state index in [-0.39, 0.29) is 11.8 Å². The van der Waals surface area contributed by atoms with Gasteiger partial charge in [0.25, 0.3) is 0 Å². The van der Waals surface area contributed by atoms with Crippen molar-refractivity contribution in [2.75, 3.05) is 45.1 Å². The van der Waals surface area contributed by atoms with Crippen LogP contribution >= 0.6 is 0 Å². The number of amides is 2. The van der Waals surface area contributed by atoms with Crippen LogP contribution < -0.4 is 11.1 Å². The van der Waals surface area contributed by atoms with E-state index in [4.69, 9.17) is 5.73 Å². The van der Waals surface area contributed by atoms with Gasteiger partial charge in [0.15, 0.2) is 0 Å². The normalized spacial score (nSPS) is 15.8. The maximum absolute atomic E-state index is 12.7. The van der Waals surface area contributed by atoms with Crippen molar-refractivity contribution < 1.29 is 9.59 Å². The van der Waals surface area contributed by atoms with Crippen molar-refractivity contribution >= 4 is 17.5 Å². The second-order valence-corrected chi connectivity index (χ2v) is 7.21. The third-order valence-electron chi connectivity index (χ3n) is 5.62. The van der Waals surface area contributed by atoms with E-state index in [1.165, 1.54) is 0 Å². The van der Waals surface area contributed by atoms with E-state index in [0.29, 0.717) is 25.8 Å². The first kappa shape index (κ1) is 20.4. The number of anilines is 1. The molecule has 1 aliphatic heterocycles. The minimum atomic E-state index is -0.536. The molecule has 2 rings (SSSR count). The van der Waals surface area contributed by atoms with Gasteiger partial charge in [-0.25, -0.2) is 0 Å². The number of rotatable bonds is 7. The number of likely N-dealkylation sites (N-methyl/N-ethyl adjacent to an activating group) is 1. The molecule has 1 aromatic rings. The zero-order valence-corrected chi connectivity index (χ0v) is 16.3. The monoisotopic (exact) mass is 360 g/mol. The highest BCUT2D eigenvalue weighted by atomic mass is 16.2. The lowest BCUT2D eigenvalue weighted by atomic mass is 9.81. The van der Waals surface area contributed by atoms with Gasteiger partial charge in [-0.15, -0.1) is 0 Å². The number of piperazine rings is 1. The molecule has 0 bridgehead atoms. The molecule has 144 valence electrons. The molecule has 0 saturated carbocycles. The number of nitrogens with two attached hydrogens (primary N) is 1. The minimum absolute atomic E-state index is 0.0486. The van der Waals surface area contributed by atoms with Crippen molar-refractivity contribution in [1.82, 2.24) is 9.80 Å². The Bertz CT molecular complexity index is 612. The number of nitrogens with zero attached hydrogens (tertiary/aromatic N) is 2. The molecule has 1 aromatic carbocycles. The summed E-state index contributed by atoms with van der Waals surface area (Å²) in [6.45, 7) is 7.68. The van der Waals surface area contributed by atoms with Gasteiger partial charge in [0, 0.05) is 38.4 Å². The van der Waals surface area contributed by atoms with Gasteiger partial charge in [-0.1, -0.05) is 26.0 Å². The van der Waals surface area contributed by atoms with E-state index in [9.17, 15) is 9.59 Å². The molecule has 3 N–H and O–H groups in total. The zero-order valence-electron chi connectivity index (χ0n) is 16.3. The summed E-state index contributed by atoms with van der Waals surface area (Å²) in [6.07, 6.45) is 1.76. The molecule has 0 atom stereocenters. The number of carbonyl (C=O) groups excluding carboxylic acids is 2. The summed E-state index contributed by atoms with van der Waals surface area (Å²) in [5, 5.41) is 2.98. The predicted octanol–water partition coefficient (Wildman–Crippen LogP) is 1.71. The summed E-state index contributed by atoms with van der Waals surface area (Å²) in [7, 11) is 2.07. The average Bonchev–Trinajstić information content (AvgIpc) is 2.64. The topological polar surface area (TPSA) is 78.7 Å². The lowest BCUT2D eigenvalue weighted by Gasteiger charge is -2.32. The second kappa shape index (κ2) is 9.14. The molecule has 1 saturated heterocycles. The zero-order chi connectivity index (χ0) is 19.2. The molecule has 0 radical (unpaired) electrons. The fourth-order valence-electron chi connectivity index (χ4n) is 3.32. The first-order valence-electron chi connectivity index (χ1n) is 9.51. The molecule has 0 unspecified atom stereocenters. The fraction of sp³-hybridized carbons (Fsp3) is 0.600. The van der Waals surface area contributed by atoms with Crippen molar-refractivity contribution in [1.29, 1.82) is 0 Å². The Balaban J connectivity index is 2.01. The summed E-state index contributed by atoms with van der Waals surface area (Å²) < 4.78 is 0. The molecule has 6 nitrogen and oxygen atoms in total. The van der Waals surface area contributed by atoms with Crippen LogP contribution in [-0.4, -0.2) is 61.4 Å². The largest absolute Gasteiger partial charge is 0.340 e. The van der Waals surface area contributed by atoms with Gasteiger partial charge in [0.05, 0.1) is 11.8 Å². The Hall–Kier alpha value is -1.92. The van der Waals surface area contributed by atoms with E-state index in [2.05, 4.69) is 17.3 Å². The molecule has 0 aromatic heterocycles. The molecule has 26 heavy (non-hydrogen) atoms. The van der Waals surface area contributed by atoms with Gasteiger partial charge >= 0.3 is 0 Å². The van der Waals surface area contributed by atoms with Crippen molar-refractivity contribution in [3.63, 3.8) is 0 Å². The summed E-state index contributed by atoms with van der Waals surface area (Å²) in [4.78, 5) is 29.3. The first-order valence-corrected chi connectivity index (χ1v) is 9.51. The molecular weight excluding hydrogens is 328 g/mol. The number of carbonyl (C=O) groups is 2. The first-order chi connectivity index (χ1) is 12.4. The van der Waals surface area contributed by atoms with Gasteiger partial charge in [-0.05, 0) is 37.6 Å². The third-order valence-corrected chi connectivity index (χ3v) is 5.62. The van der Waals surface area contributed by atoms with Crippen LogP contribution in [0.15, 0.2) is 24.3 Å². The fourth-order valence-corrected chi connectivity index (χ4v) is 3.32. The van der Waals surface area contributed by atoms with Crippen molar-refractivity contribution in [3.05, 3.63) is 29.8 Å². The minimum Gasteiger partial charge on any atom is -0.340 e. The molecule has 1 aliphatic rings. The number of nitrogens with one attached hydrogen (secondary N) is 1. The number of hydrogen-bond acceptors (Lipinski definition) is 4. The molecule has 0 aliphatic carbocycles. The Kier molecular flexibility index (Phi) is 7.17. The van der Waals surface area contributed by atoms with Crippen LogP contribution in [-0.2, 0) is 16.0 Å². The lowest BCUT2D eigenvalue weighted by molar-refractivity contribution is -0.132. The highest BCUT2D eigenvalue weighted by Gasteiger charge is 2.33. The van der Waals surface area contributed by atoms with Crippen molar-refractivity contribution in [2.45, 2.75) is 33.1 Å². The van der Waals surface area contributed by atoms with Crippen LogP contribution in [0.25, 0.3) is 0 Å². The van der Waals surface area contributed by atoms with Crippen LogP contribution in [0.4, 0.5) is 5.69 Å². The van der Waals surface area contributed by atoms with E-state index in [1.54, 1.807) is 0 Å². The average molecular weight is 361 g/mol. The molecule has 6 heteroatoms. The van der Waals surface area contributed by atoms with Gasteiger partial charge < -0.3 is 20.9 Å². The maximum atomic E-state index is 12.7. The van der Waals surface area contributed by atoms with Gasteiger partial charge in [0.1, 0.15) is 0 Å². The highest BCUT2D eigenvalue weighted by Crippen LogP contribution is 2.27. The summed E-state index contributed by atoms with van der Waals surface area (Å²) in [6, 6.07) is 7.55. The van der Waals surface area contributed by atoms with E-state index >= 15 is 0 Å². The molecule has 1 heterocycles. The van der Waals surface area contributed by atoms with Crippen LogP contribution in [0.5, 0.6) is 0 Å². The summed E-state index contributed by atoms with van der Waals surface area (Å²) in [5.74, 6) is 0.0903. The quantitative estimate of drug-likeness (QED) is 0.776. The smallest absolute Gasteiger partial charge is 0.231 e. The maximum Gasteiger partial charge on any atom is 0.231 e. The van der Waals surface area contributed by atoms with Gasteiger partial charge in [0.2, 0.25) is 11.8 Å². The highest BCUT2D eigenvalue weighted by molar-refractivity contribution is 5.95. The predicted molar refractivity (Wildman–Crippen MR) is 105 cm³/mol. The second-order valence-electron chi connectivity index (χ2n) is 7.21. The molecule has 1 fully saturated rings. The SMILES string of the molecule is CCC(CC)(CN)C(=O)Nc1cccc(CC(=O)N2CCN(C)CC2)c1. The van der Waals surface area contributed by atoms with Crippen molar-refractivity contribution in [2.24, 2.45) is 11.1 Å². The Morgan fingerprint density at radius 2 is 1.81 bits per heavy atom. The molecular formula is C20H32N4O2. The molecule has 0 spiro atoms. The number of benzene rings is 1. The number of hydrogen-bond donors (Lipinski definition) is 2.